The summed E-state index contributed by atoms with van der Waals surface area (Å²) in [5.74, 6) is -0.523. The fraction of sp³-hybridized carbons (Fsp3) is 0.600. The zero-order valence-corrected chi connectivity index (χ0v) is 12.3. The van der Waals surface area contributed by atoms with Crippen molar-refractivity contribution in [2.75, 3.05) is 13.1 Å². The Balaban J connectivity index is 1.77. The van der Waals surface area contributed by atoms with E-state index >= 15 is 0 Å². The normalized spacial score (nSPS) is 19.9. The van der Waals surface area contributed by atoms with Gasteiger partial charge in [-0.3, -0.25) is 14.7 Å². The molecule has 1 saturated heterocycles. The van der Waals surface area contributed by atoms with Gasteiger partial charge in [0, 0.05) is 37.9 Å². The Kier molecular flexibility index (Phi) is 5.76. The van der Waals surface area contributed by atoms with Gasteiger partial charge in [0.25, 0.3) is 0 Å². The Morgan fingerprint density at radius 1 is 1.45 bits per heavy atom. The largest absolute Gasteiger partial charge is 0.389 e. The molecule has 1 fully saturated rings. The molecule has 2 rings (SSSR count). The van der Waals surface area contributed by atoms with Crippen molar-refractivity contribution >= 4 is 5.91 Å². The molecule has 0 spiro atoms. The van der Waals surface area contributed by atoms with Crippen LogP contribution >= 0.6 is 0 Å². The molecule has 1 aromatic heterocycles. The van der Waals surface area contributed by atoms with E-state index in [1.807, 2.05) is 12.1 Å². The summed E-state index contributed by atoms with van der Waals surface area (Å²) in [6.07, 6.45) is -0.607. The Morgan fingerprint density at radius 2 is 2.27 bits per heavy atom. The van der Waals surface area contributed by atoms with Crippen molar-refractivity contribution in [1.82, 2.24) is 15.2 Å². The topological polar surface area (TPSA) is 45.2 Å². The summed E-state index contributed by atoms with van der Waals surface area (Å²) >= 11 is 0. The van der Waals surface area contributed by atoms with E-state index in [0.717, 1.165) is 31.5 Å². The molecule has 22 heavy (non-hydrogen) atoms. The number of alkyl halides is 3. The molecular weight excluding hydrogens is 295 g/mol. The molecular formula is C15H20F3N3O. The van der Waals surface area contributed by atoms with E-state index in [9.17, 15) is 18.0 Å². The molecule has 0 aromatic carbocycles. The molecule has 2 heterocycles. The molecule has 0 radical (unpaired) electrons. The zero-order valence-electron chi connectivity index (χ0n) is 12.3. The minimum absolute atomic E-state index is 0.0776. The van der Waals surface area contributed by atoms with Crippen molar-refractivity contribution in [2.24, 2.45) is 0 Å². The molecule has 0 unspecified atom stereocenters. The number of rotatable bonds is 5. The summed E-state index contributed by atoms with van der Waals surface area (Å²) in [5, 5.41) is 2.71. The summed E-state index contributed by atoms with van der Waals surface area (Å²) in [6.45, 7) is 2.32. The van der Waals surface area contributed by atoms with Crippen LogP contribution in [0.5, 0.6) is 0 Å². The molecule has 122 valence electrons. The third-order valence-corrected chi connectivity index (χ3v) is 3.64. The highest BCUT2D eigenvalue weighted by Gasteiger charge is 2.29. The molecule has 0 saturated carbocycles. The first-order valence-corrected chi connectivity index (χ1v) is 7.40. The molecule has 1 atom stereocenters. The van der Waals surface area contributed by atoms with Crippen LogP contribution in [0.25, 0.3) is 0 Å². The minimum Gasteiger partial charge on any atom is -0.352 e. The predicted octanol–water partition coefficient (Wildman–Crippen LogP) is 2.50. The number of halogens is 3. The van der Waals surface area contributed by atoms with Gasteiger partial charge in [-0.15, -0.1) is 0 Å². The average Bonchev–Trinajstić information content (AvgIpc) is 2.46. The molecule has 1 amide bonds. The van der Waals surface area contributed by atoms with E-state index in [0.29, 0.717) is 6.54 Å². The number of amides is 1. The third kappa shape index (κ3) is 6.01. The number of carbonyl (C=O) groups excluding carboxylic acids is 1. The van der Waals surface area contributed by atoms with Crippen LogP contribution in [-0.4, -0.2) is 41.1 Å². The lowest BCUT2D eigenvalue weighted by Crippen LogP contribution is -2.47. The number of piperidine rings is 1. The van der Waals surface area contributed by atoms with Crippen LogP contribution in [0, 0.1) is 0 Å². The lowest BCUT2D eigenvalue weighted by Gasteiger charge is -2.33. The first kappa shape index (κ1) is 16.7. The first-order chi connectivity index (χ1) is 10.4. The maximum atomic E-state index is 12.1. The second kappa shape index (κ2) is 7.58. The molecule has 1 aliphatic rings. The lowest BCUT2D eigenvalue weighted by molar-refractivity contribution is -0.144. The highest BCUT2D eigenvalue weighted by atomic mass is 19.4. The van der Waals surface area contributed by atoms with Crippen molar-refractivity contribution in [3.05, 3.63) is 30.1 Å². The minimum atomic E-state index is -4.28. The second-order valence-corrected chi connectivity index (χ2v) is 5.62. The van der Waals surface area contributed by atoms with Crippen LogP contribution in [-0.2, 0) is 11.3 Å². The van der Waals surface area contributed by atoms with Gasteiger partial charge >= 0.3 is 6.18 Å². The average molecular weight is 315 g/mol. The van der Waals surface area contributed by atoms with E-state index in [1.54, 1.807) is 12.4 Å². The van der Waals surface area contributed by atoms with Crippen molar-refractivity contribution < 1.29 is 18.0 Å². The summed E-state index contributed by atoms with van der Waals surface area (Å²) in [4.78, 5) is 17.8. The summed E-state index contributed by atoms with van der Waals surface area (Å²) in [7, 11) is 0. The van der Waals surface area contributed by atoms with Gasteiger partial charge in [-0.2, -0.15) is 13.2 Å². The van der Waals surface area contributed by atoms with Crippen molar-refractivity contribution in [3.8, 4) is 0 Å². The van der Waals surface area contributed by atoms with Crippen LogP contribution in [0.2, 0.25) is 0 Å². The van der Waals surface area contributed by atoms with E-state index in [-0.39, 0.29) is 6.04 Å². The van der Waals surface area contributed by atoms with Crippen LogP contribution < -0.4 is 5.32 Å². The Hall–Kier alpha value is -1.63. The smallest absolute Gasteiger partial charge is 0.352 e. The number of nitrogens with one attached hydrogen (secondary N) is 1. The van der Waals surface area contributed by atoms with Crippen molar-refractivity contribution in [3.63, 3.8) is 0 Å². The van der Waals surface area contributed by atoms with Crippen LogP contribution in [0.1, 0.15) is 31.2 Å². The molecule has 1 N–H and O–H groups in total. The summed E-state index contributed by atoms with van der Waals surface area (Å²) in [6, 6.07) is 3.78. The fourth-order valence-corrected chi connectivity index (χ4v) is 2.62. The van der Waals surface area contributed by atoms with Gasteiger partial charge in [0.15, 0.2) is 0 Å². The van der Waals surface area contributed by atoms with Gasteiger partial charge in [-0.1, -0.05) is 6.07 Å². The highest BCUT2D eigenvalue weighted by molar-refractivity contribution is 5.76. The number of likely N-dealkylation sites (tertiary alicyclic amines) is 1. The lowest BCUT2D eigenvalue weighted by atomic mass is 10.0. The first-order valence-electron chi connectivity index (χ1n) is 7.40. The van der Waals surface area contributed by atoms with E-state index < -0.39 is 24.9 Å². The van der Waals surface area contributed by atoms with Gasteiger partial charge in [0.05, 0.1) is 6.42 Å². The molecule has 4 nitrogen and oxygen atoms in total. The fourth-order valence-electron chi connectivity index (χ4n) is 2.62. The summed E-state index contributed by atoms with van der Waals surface area (Å²) < 4.78 is 36.3. The van der Waals surface area contributed by atoms with Crippen LogP contribution in [0.3, 0.4) is 0 Å². The molecule has 1 aliphatic heterocycles. The van der Waals surface area contributed by atoms with E-state index in [4.69, 9.17) is 0 Å². The summed E-state index contributed by atoms with van der Waals surface area (Å²) in [5.41, 5.74) is 1.09. The van der Waals surface area contributed by atoms with Gasteiger partial charge in [0.1, 0.15) is 0 Å². The molecule has 1 aromatic rings. The van der Waals surface area contributed by atoms with Crippen LogP contribution in [0.4, 0.5) is 13.2 Å². The van der Waals surface area contributed by atoms with Gasteiger partial charge in [0.2, 0.25) is 5.91 Å². The number of pyridine rings is 1. The van der Waals surface area contributed by atoms with Gasteiger partial charge in [-0.05, 0) is 31.0 Å². The Bertz CT molecular complexity index is 479. The van der Waals surface area contributed by atoms with E-state index in [1.165, 1.54) is 0 Å². The second-order valence-electron chi connectivity index (χ2n) is 5.62. The third-order valence-electron chi connectivity index (χ3n) is 3.64. The van der Waals surface area contributed by atoms with E-state index in [2.05, 4.69) is 15.2 Å². The molecule has 0 bridgehead atoms. The molecule has 7 heteroatoms. The number of nitrogens with zero attached hydrogens (tertiary/aromatic N) is 2. The quantitative estimate of drug-likeness (QED) is 0.908. The maximum absolute atomic E-state index is 12.1. The highest BCUT2D eigenvalue weighted by Crippen LogP contribution is 2.21. The number of hydrogen-bond acceptors (Lipinski definition) is 3. The SMILES string of the molecule is O=C(CCC(F)(F)F)N[C@H]1CCCN(Cc2cccnc2)C1. The van der Waals surface area contributed by atoms with Gasteiger partial charge < -0.3 is 5.32 Å². The van der Waals surface area contributed by atoms with Crippen molar-refractivity contribution in [1.29, 1.82) is 0 Å². The Morgan fingerprint density at radius 3 is 2.95 bits per heavy atom. The monoisotopic (exact) mass is 315 g/mol. The standard InChI is InChI=1S/C15H20F3N3O/c16-15(17,18)6-5-14(22)20-13-4-2-8-21(11-13)10-12-3-1-7-19-9-12/h1,3,7,9,13H,2,4-6,8,10-11H2,(H,20,22)/t13-/m0/s1. The number of hydrogen-bond donors (Lipinski definition) is 1. The zero-order chi connectivity index (χ0) is 16.0. The number of aromatic nitrogens is 1. The van der Waals surface area contributed by atoms with Crippen molar-refractivity contribution in [2.45, 2.75) is 44.4 Å². The maximum Gasteiger partial charge on any atom is 0.389 e. The molecule has 0 aliphatic carbocycles. The number of carbonyl (C=O) groups is 1. The Labute approximate surface area is 127 Å². The van der Waals surface area contributed by atoms with Crippen LogP contribution in [0.15, 0.2) is 24.5 Å². The van der Waals surface area contributed by atoms with Gasteiger partial charge in [-0.25, -0.2) is 0 Å². The predicted molar refractivity (Wildman–Crippen MR) is 76.0 cm³/mol.